The maximum atomic E-state index is 12.7. The van der Waals surface area contributed by atoms with Crippen molar-refractivity contribution in [1.82, 2.24) is 9.88 Å². The van der Waals surface area contributed by atoms with Crippen LogP contribution in [-0.2, 0) is 33.7 Å². The third kappa shape index (κ3) is 5.95. The molecular formula is C24H28N4O3S. The number of nitrogens with zero attached hydrogens (tertiary/aromatic N) is 3. The van der Waals surface area contributed by atoms with Gasteiger partial charge >= 0.3 is 0 Å². The molecule has 168 valence electrons. The van der Waals surface area contributed by atoms with Crippen molar-refractivity contribution < 1.29 is 14.3 Å². The molecule has 0 aromatic carbocycles. The Morgan fingerprint density at radius 1 is 1.34 bits per heavy atom. The molecular weight excluding hydrogens is 424 g/mol. The average Bonchev–Trinajstić information content (AvgIpc) is 3.16. The van der Waals surface area contributed by atoms with Crippen LogP contribution < -0.4 is 5.32 Å². The maximum absolute atomic E-state index is 12.7. The minimum Gasteiger partial charge on any atom is -0.499 e. The summed E-state index contributed by atoms with van der Waals surface area (Å²) < 4.78 is 5.48. The van der Waals surface area contributed by atoms with Crippen LogP contribution in [0.4, 0.5) is 5.00 Å². The first-order valence-electron chi connectivity index (χ1n) is 10.9. The van der Waals surface area contributed by atoms with Gasteiger partial charge in [-0.15, -0.1) is 11.3 Å². The van der Waals surface area contributed by atoms with Gasteiger partial charge < -0.3 is 15.0 Å². The molecule has 8 heteroatoms. The zero-order valence-electron chi connectivity index (χ0n) is 18.5. The molecule has 0 bridgehead atoms. The molecule has 0 saturated carbocycles. The summed E-state index contributed by atoms with van der Waals surface area (Å²) in [4.78, 5) is 32.2. The van der Waals surface area contributed by atoms with Crippen LogP contribution in [0.3, 0.4) is 0 Å². The van der Waals surface area contributed by atoms with E-state index in [0.29, 0.717) is 55.9 Å². The number of aromatic nitrogens is 1. The van der Waals surface area contributed by atoms with Crippen LogP contribution in [-0.4, -0.2) is 34.8 Å². The molecule has 0 aliphatic carbocycles. The molecule has 7 nitrogen and oxygen atoms in total. The van der Waals surface area contributed by atoms with Crippen molar-refractivity contribution in [2.45, 2.75) is 52.5 Å². The third-order valence-electron chi connectivity index (χ3n) is 5.35. The number of nitriles is 1. The minimum absolute atomic E-state index is 0.0774. The molecule has 1 N–H and O–H groups in total. The predicted octanol–water partition coefficient (Wildman–Crippen LogP) is 4.19. The monoisotopic (exact) mass is 452 g/mol. The SMILES string of the molecule is C/C=C(/CCC(=O)Nc1sc2c(c1C#N)CCN(C(=O)CCc1ccccn1)C2)OCC. The molecule has 1 aliphatic heterocycles. The summed E-state index contributed by atoms with van der Waals surface area (Å²) in [6, 6.07) is 7.94. The molecule has 32 heavy (non-hydrogen) atoms. The van der Waals surface area contributed by atoms with Gasteiger partial charge in [-0.3, -0.25) is 14.6 Å². The quantitative estimate of drug-likeness (QED) is 0.576. The molecule has 0 saturated heterocycles. The number of aryl methyl sites for hydroxylation is 1. The third-order valence-corrected chi connectivity index (χ3v) is 6.48. The van der Waals surface area contributed by atoms with Gasteiger partial charge in [0.25, 0.3) is 0 Å². The molecule has 3 rings (SSSR count). The number of anilines is 1. The molecule has 0 unspecified atom stereocenters. The van der Waals surface area contributed by atoms with Crippen LogP contribution in [0.5, 0.6) is 0 Å². The summed E-state index contributed by atoms with van der Waals surface area (Å²) in [6.07, 6.45) is 6.02. The van der Waals surface area contributed by atoms with E-state index < -0.39 is 0 Å². The summed E-state index contributed by atoms with van der Waals surface area (Å²) in [7, 11) is 0. The van der Waals surface area contributed by atoms with Crippen molar-refractivity contribution in [2.24, 2.45) is 0 Å². The van der Waals surface area contributed by atoms with Gasteiger partial charge in [0.1, 0.15) is 11.1 Å². The molecule has 0 fully saturated rings. The van der Waals surface area contributed by atoms with Crippen LogP contribution in [0, 0.1) is 11.3 Å². The lowest BCUT2D eigenvalue weighted by molar-refractivity contribution is -0.132. The highest BCUT2D eigenvalue weighted by Crippen LogP contribution is 2.37. The topological polar surface area (TPSA) is 95.3 Å². The van der Waals surface area contributed by atoms with Gasteiger partial charge in [0.05, 0.1) is 24.5 Å². The number of hydrogen-bond donors (Lipinski definition) is 1. The van der Waals surface area contributed by atoms with E-state index in [2.05, 4.69) is 16.4 Å². The Hall–Kier alpha value is -3.18. The highest BCUT2D eigenvalue weighted by Gasteiger charge is 2.27. The first-order chi connectivity index (χ1) is 15.5. The summed E-state index contributed by atoms with van der Waals surface area (Å²) in [5, 5.41) is 13.1. The van der Waals surface area contributed by atoms with Crippen molar-refractivity contribution in [2.75, 3.05) is 18.5 Å². The number of amides is 2. The highest BCUT2D eigenvalue weighted by molar-refractivity contribution is 7.16. The standard InChI is InChI=1S/C24H28N4O3S/c1-3-18(31-4-2)9-10-22(29)27-24-20(15-25)19-12-14-28(16-21(19)32-24)23(30)11-8-17-7-5-6-13-26-17/h3,5-7,13H,4,8-12,14,16H2,1-2H3,(H,27,29)/b18-3-. The molecule has 2 aromatic heterocycles. The van der Waals surface area contributed by atoms with Gasteiger partial charge in [-0.2, -0.15) is 5.26 Å². The van der Waals surface area contributed by atoms with Crippen molar-refractivity contribution >= 4 is 28.2 Å². The zero-order chi connectivity index (χ0) is 22.9. The zero-order valence-corrected chi connectivity index (χ0v) is 19.3. The largest absolute Gasteiger partial charge is 0.499 e. The number of hydrogen-bond acceptors (Lipinski definition) is 6. The van der Waals surface area contributed by atoms with Gasteiger partial charge in [-0.05, 0) is 50.5 Å². The number of nitrogens with one attached hydrogen (secondary N) is 1. The van der Waals surface area contributed by atoms with Gasteiger partial charge in [0, 0.05) is 42.6 Å². The first-order valence-corrected chi connectivity index (χ1v) is 11.7. The second-order valence-corrected chi connectivity index (χ2v) is 8.55. The molecule has 0 spiro atoms. The fraction of sp³-hybridized carbons (Fsp3) is 0.417. The van der Waals surface area contributed by atoms with E-state index in [4.69, 9.17) is 4.74 Å². The Labute approximate surface area is 192 Å². The Balaban J connectivity index is 1.61. The van der Waals surface area contributed by atoms with Crippen molar-refractivity contribution in [3.8, 4) is 6.07 Å². The van der Waals surface area contributed by atoms with Crippen LogP contribution >= 0.6 is 11.3 Å². The second kappa shape index (κ2) is 11.4. The smallest absolute Gasteiger partial charge is 0.225 e. The van der Waals surface area contributed by atoms with Gasteiger partial charge in [-0.25, -0.2) is 0 Å². The highest BCUT2D eigenvalue weighted by atomic mass is 32.1. The van der Waals surface area contributed by atoms with E-state index in [1.54, 1.807) is 6.20 Å². The molecule has 2 aromatic rings. The van der Waals surface area contributed by atoms with E-state index in [9.17, 15) is 14.9 Å². The Bertz CT molecular complexity index is 1020. The van der Waals surface area contributed by atoms with Gasteiger partial charge in [-0.1, -0.05) is 6.07 Å². The lowest BCUT2D eigenvalue weighted by Crippen LogP contribution is -2.35. The predicted molar refractivity (Wildman–Crippen MR) is 124 cm³/mol. The summed E-state index contributed by atoms with van der Waals surface area (Å²) in [6.45, 7) is 5.40. The van der Waals surface area contributed by atoms with Crippen LogP contribution in [0.25, 0.3) is 0 Å². The molecule has 3 heterocycles. The first kappa shape index (κ1) is 23.5. The molecule has 0 atom stereocenters. The van der Waals surface area contributed by atoms with Crippen LogP contribution in [0.15, 0.2) is 36.2 Å². The maximum Gasteiger partial charge on any atom is 0.225 e. The number of carbonyl (C=O) groups is 2. The van der Waals surface area contributed by atoms with Crippen LogP contribution in [0.1, 0.15) is 54.8 Å². The van der Waals surface area contributed by atoms with Crippen LogP contribution in [0.2, 0.25) is 0 Å². The number of allylic oxidation sites excluding steroid dienone is 2. The number of carbonyl (C=O) groups excluding carboxylic acids is 2. The number of ether oxygens (including phenoxy) is 1. The van der Waals surface area contributed by atoms with E-state index in [1.807, 2.05) is 43.0 Å². The van der Waals surface area contributed by atoms with E-state index in [1.165, 1.54) is 11.3 Å². The lowest BCUT2D eigenvalue weighted by atomic mass is 10.0. The summed E-state index contributed by atoms with van der Waals surface area (Å²) in [5.41, 5.74) is 2.37. The lowest BCUT2D eigenvalue weighted by Gasteiger charge is -2.27. The fourth-order valence-electron chi connectivity index (χ4n) is 3.67. The van der Waals surface area contributed by atoms with E-state index >= 15 is 0 Å². The number of fused-ring (bicyclic) bond motifs is 1. The van der Waals surface area contributed by atoms with Gasteiger partial charge in [0.2, 0.25) is 11.8 Å². The van der Waals surface area contributed by atoms with Gasteiger partial charge in [0.15, 0.2) is 0 Å². The number of thiophene rings is 1. The van der Waals surface area contributed by atoms with E-state index in [0.717, 1.165) is 21.9 Å². The minimum atomic E-state index is -0.151. The Morgan fingerprint density at radius 3 is 2.88 bits per heavy atom. The molecule has 2 amide bonds. The Kier molecular flexibility index (Phi) is 8.40. The second-order valence-electron chi connectivity index (χ2n) is 7.44. The van der Waals surface area contributed by atoms with E-state index in [-0.39, 0.29) is 18.2 Å². The van der Waals surface area contributed by atoms with Crippen molar-refractivity contribution in [1.29, 1.82) is 5.26 Å². The average molecular weight is 453 g/mol. The summed E-state index contributed by atoms with van der Waals surface area (Å²) >= 11 is 1.39. The van der Waals surface area contributed by atoms with Crippen molar-refractivity contribution in [3.05, 3.63) is 57.9 Å². The normalized spacial score (nSPS) is 13.3. The van der Waals surface area contributed by atoms with Crippen molar-refractivity contribution in [3.63, 3.8) is 0 Å². The number of pyridine rings is 1. The number of rotatable bonds is 9. The molecule has 0 radical (unpaired) electrons. The molecule has 1 aliphatic rings. The fourth-order valence-corrected chi connectivity index (χ4v) is 4.90. The summed E-state index contributed by atoms with van der Waals surface area (Å²) in [5.74, 6) is 0.713. The Morgan fingerprint density at radius 2 is 2.19 bits per heavy atom.